The Labute approximate surface area is 139 Å². The third kappa shape index (κ3) is 4.22. The van der Waals surface area contributed by atoms with E-state index in [1.165, 1.54) is 0 Å². The predicted molar refractivity (Wildman–Crippen MR) is 88.8 cm³/mol. The first-order valence-electron chi connectivity index (χ1n) is 7.50. The number of piperidine rings is 1. The quantitative estimate of drug-likeness (QED) is 0.886. The molecular weight excluding hydrogens is 348 g/mol. The highest BCUT2D eigenvalue weighted by Crippen LogP contribution is 2.25. The number of likely N-dealkylation sites (tertiary alicyclic amines) is 1. The number of hydrogen-bond donors (Lipinski definition) is 1. The second-order valence-electron chi connectivity index (χ2n) is 5.46. The van der Waals surface area contributed by atoms with Crippen LogP contribution in [0.5, 0.6) is 0 Å². The van der Waals surface area contributed by atoms with Gasteiger partial charge in [-0.05, 0) is 60.3 Å². The monoisotopic (exact) mass is 368 g/mol. The van der Waals surface area contributed by atoms with Crippen molar-refractivity contribution >= 4 is 33.6 Å². The van der Waals surface area contributed by atoms with Crippen molar-refractivity contribution < 1.29 is 14.3 Å². The van der Waals surface area contributed by atoms with Crippen molar-refractivity contribution in [3.8, 4) is 0 Å². The minimum atomic E-state index is -0.337. The molecule has 1 N–H and O–H groups in total. The van der Waals surface area contributed by atoms with Crippen molar-refractivity contribution in [3.63, 3.8) is 0 Å². The van der Waals surface area contributed by atoms with E-state index in [0.717, 1.165) is 28.6 Å². The Bertz CT molecular complexity index is 562. The maximum Gasteiger partial charge on any atom is 0.409 e. The Kier molecular flexibility index (Phi) is 5.83. The van der Waals surface area contributed by atoms with E-state index in [1.807, 2.05) is 25.1 Å². The summed E-state index contributed by atoms with van der Waals surface area (Å²) in [7, 11) is 0. The first kappa shape index (κ1) is 16.8. The predicted octanol–water partition coefficient (Wildman–Crippen LogP) is 3.56. The third-order valence-corrected chi connectivity index (χ3v) is 4.36. The summed E-state index contributed by atoms with van der Waals surface area (Å²) in [6.45, 7) is 5.18. The van der Waals surface area contributed by atoms with Crippen LogP contribution in [0.25, 0.3) is 0 Å². The molecule has 0 bridgehead atoms. The number of aryl methyl sites for hydroxylation is 1. The van der Waals surface area contributed by atoms with Crippen molar-refractivity contribution in [1.29, 1.82) is 0 Å². The standard InChI is InChI=1S/C16H21BrN2O3/c1-3-22-16(21)19-8-4-5-12(10-19)15(20)18-14-7-6-11(2)9-13(14)17/h6-7,9,12H,3-5,8,10H2,1-2H3,(H,18,20). The maximum atomic E-state index is 12.4. The zero-order valence-corrected chi connectivity index (χ0v) is 14.5. The second-order valence-corrected chi connectivity index (χ2v) is 6.31. The van der Waals surface area contributed by atoms with Crippen LogP contribution in [0.3, 0.4) is 0 Å². The van der Waals surface area contributed by atoms with Gasteiger partial charge in [0.1, 0.15) is 0 Å². The van der Waals surface area contributed by atoms with Crippen LogP contribution < -0.4 is 5.32 Å². The molecule has 1 atom stereocenters. The Morgan fingerprint density at radius 1 is 1.45 bits per heavy atom. The zero-order chi connectivity index (χ0) is 16.1. The molecule has 6 heteroatoms. The summed E-state index contributed by atoms with van der Waals surface area (Å²) in [6, 6.07) is 5.79. The van der Waals surface area contributed by atoms with Crippen molar-refractivity contribution in [2.75, 3.05) is 25.0 Å². The topological polar surface area (TPSA) is 58.6 Å². The van der Waals surface area contributed by atoms with Gasteiger partial charge in [0, 0.05) is 17.6 Å². The number of carbonyl (C=O) groups is 2. The van der Waals surface area contributed by atoms with Gasteiger partial charge in [0.25, 0.3) is 0 Å². The van der Waals surface area contributed by atoms with Gasteiger partial charge in [-0.15, -0.1) is 0 Å². The first-order valence-corrected chi connectivity index (χ1v) is 8.29. The van der Waals surface area contributed by atoms with Gasteiger partial charge >= 0.3 is 6.09 Å². The lowest BCUT2D eigenvalue weighted by atomic mass is 9.97. The number of nitrogens with zero attached hydrogens (tertiary/aromatic N) is 1. The molecule has 22 heavy (non-hydrogen) atoms. The van der Waals surface area contributed by atoms with Crippen molar-refractivity contribution in [1.82, 2.24) is 4.90 Å². The van der Waals surface area contributed by atoms with E-state index >= 15 is 0 Å². The summed E-state index contributed by atoms with van der Waals surface area (Å²) >= 11 is 3.46. The largest absolute Gasteiger partial charge is 0.450 e. The van der Waals surface area contributed by atoms with E-state index in [-0.39, 0.29) is 17.9 Å². The van der Waals surface area contributed by atoms with Crippen molar-refractivity contribution in [2.45, 2.75) is 26.7 Å². The highest BCUT2D eigenvalue weighted by Gasteiger charge is 2.29. The first-order chi connectivity index (χ1) is 10.5. The number of rotatable bonds is 3. The molecule has 1 fully saturated rings. The molecule has 1 heterocycles. The molecule has 0 aromatic heterocycles. The van der Waals surface area contributed by atoms with Crippen LogP contribution in [0.15, 0.2) is 22.7 Å². The number of halogens is 1. The summed E-state index contributed by atoms with van der Waals surface area (Å²) in [5, 5.41) is 2.93. The van der Waals surface area contributed by atoms with Crippen LogP contribution in [-0.2, 0) is 9.53 Å². The Morgan fingerprint density at radius 2 is 2.23 bits per heavy atom. The van der Waals surface area contributed by atoms with Gasteiger partial charge in [-0.2, -0.15) is 0 Å². The van der Waals surface area contributed by atoms with Crippen LogP contribution in [0.4, 0.5) is 10.5 Å². The lowest BCUT2D eigenvalue weighted by Gasteiger charge is -2.31. The molecule has 2 amide bonds. The van der Waals surface area contributed by atoms with Crippen LogP contribution in [0.1, 0.15) is 25.3 Å². The van der Waals surface area contributed by atoms with E-state index in [1.54, 1.807) is 11.8 Å². The molecule has 1 unspecified atom stereocenters. The number of nitrogens with one attached hydrogen (secondary N) is 1. The van der Waals surface area contributed by atoms with Gasteiger partial charge < -0.3 is 15.0 Å². The second kappa shape index (κ2) is 7.63. The molecule has 1 aliphatic heterocycles. The smallest absolute Gasteiger partial charge is 0.409 e. The van der Waals surface area contributed by atoms with Crippen LogP contribution >= 0.6 is 15.9 Å². The van der Waals surface area contributed by atoms with Gasteiger partial charge in [-0.3, -0.25) is 4.79 Å². The van der Waals surface area contributed by atoms with Gasteiger partial charge in [0.2, 0.25) is 5.91 Å². The molecule has 0 aliphatic carbocycles. The van der Waals surface area contributed by atoms with Crippen LogP contribution in [0.2, 0.25) is 0 Å². The summed E-state index contributed by atoms with van der Waals surface area (Å²) in [5.41, 5.74) is 1.87. The Balaban J connectivity index is 1.98. The van der Waals surface area contributed by atoms with E-state index in [0.29, 0.717) is 19.7 Å². The Hall–Kier alpha value is -1.56. The molecule has 120 valence electrons. The number of carbonyl (C=O) groups excluding carboxylic acids is 2. The molecule has 1 aromatic rings. The fourth-order valence-corrected chi connectivity index (χ4v) is 3.12. The molecule has 1 aliphatic rings. The minimum Gasteiger partial charge on any atom is -0.450 e. The van der Waals surface area contributed by atoms with E-state index < -0.39 is 0 Å². The molecular formula is C16H21BrN2O3. The normalized spacial score (nSPS) is 18.0. The number of anilines is 1. The van der Waals surface area contributed by atoms with Gasteiger partial charge in [0.15, 0.2) is 0 Å². The number of benzene rings is 1. The molecule has 2 rings (SSSR count). The molecule has 0 radical (unpaired) electrons. The molecule has 5 nitrogen and oxygen atoms in total. The highest BCUT2D eigenvalue weighted by atomic mass is 79.9. The van der Waals surface area contributed by atoms with E-state index in [2.05, 4.69) is 21.2 Å². The average Bonchev–Trinajstić information content (AvgIpc) is 2.50. The van der Waals surface area contributed by atoms with Gasteiger partial charge in [-0.25, -0.2) is 4.79 Å². The lowest BCUT2D eigenvalue weighted by Crippen LogP contribution is -2.44. The van der Waals surface area contributed by atoms with E-state index in [4.69, 9.17) is 4.74 Å². The van der Waals surface area contributed by atoms with Gasteiger partial charge in [-0.1, -0.05) is 6.07 Å². The summed E-state index contributed by atoms with van der Waals surface area (Å²) in [5.74, 6) is -0.259. The summed E-state index contributed by atoms with van der Waals surface area (Å²) < 4.78 is 5.87. The fourth-order valence-electron chi connectivity index (χ4n) is 2.53. The SMILES string of the molecule is CCOC(=O)N1CCCC(C(=O)Nc2ccc(C)cc2Br)C1. The van der Waals surface area contributed by atoms with Gasteiger partial charge in [0.05, 0.1) is 18.2 Å². The van der Waals surface area contributed by atoms with Crippen LogP contribution in [0, 0.1) is 12.8 Å². The highest BCUT2D eigenvalue weighted by molar-refractivity contribution is 9.10. The molecule has 1 saturated heterocycles. The zero-order valence-electron chi connectivity index (χ0n) is 12.9. The third-order valence-electron chi connectivity index (χ3n) is 3.70. The maximum absolute atomic E-state index is 12.4. The number of hydrogen-bond acceptors (Lipinski definition) is 3. The average molecular weight is 369 g/mol. The Morgan fingerprint density at radius 3 is 2.91 bits per heavy atom. The minimum absolute atomic E-state index is 0.0569. The van der Waals surface area contributed by atoms with Crippen molar-refractivity contribution in [2.24, 2.45) is 5.92 Å². The summed E-state index contributed by atoms with van der Waals surface area (Å²) in [6.07, 6.45) is 1.26. The van der Waals surface area contributed by atoms with E-state index in [9.17, 15) is 9.59 Å². The number of ether oxygens (including phenoxy) is 1. The molecule has 0 saturated carbocycles. The molecule has 1 aromatic carbocycles. The summed E-state index contributed by atoms with van der Waals surface area (Å²) in [4.78, 5) is 25.8. The van der Waals surface area contributed by atoms with Crippen molar-refractivity contribution in [3.05, 3.63) is 28.2 Å². The molecule has 0 spiro atoms. The lowest BCUT2D eigenvalue weighted by molar-refractivity contribution is -0.121. The van der Waals surface area contributed by atoms with Crippen LogP contribution in [-0.4, -0.2) is 36.6 Å². The number of amides is 2. The fraction of sp³-hybridized carbons (Fsp3) is 0.500.